The Balaban J connectivity index is 2.61. The smallest absolute Gasteiger partial charge is 0.211 e. The Kier molecular flexibility index (Phi) is 4.61. The van der Waals surface area contributed by atoms with Crippen LogP contribution >= 0.6 is 23.2 Å². The van der Waals surface area contributed by atoms with Gasteiger partial charge in [0.2, 0.25) is 5.96 Å². The average molecular weight is 307 g/mol. The first-order valence-electron chi connectivity index (χ1n) is 5.75. The molecular weight excluding hydrogens is 295 g/mol. The van der Waals surface area contributed by atoms with E-state index < -0.39 is 0 Å². The maximum absolute atomic E-state index is 6.21. The number of benzene rings is 2. The molecule has 0 bridgehead atoms. The molecule has 0 aliphatic heterocycles. The van der Waals surface area contributed by atoms with Gasteiger partial charge in [-0.3, -0.25) is 0 Å². The third kappa shape index (κ3) is 3.50. The first-order chi connectivity index (χ1) is 9.58. The second-order valence-electron chi connectivity index (χ2n) is 3.96. The Bertz CT molecular complexity index is 662. The molecule has 102 valence electrons. The highest BCUT2D eigenvalue weighted by molar-refractivity contribution is 6.37. The second-order valence-corrected chi connectivity index (χ2v) is 4.81. The summed E-state index contributed by atoms with van der Waals surface area (Å²) >= 11 is 12.2. The van der Waals surface area contributed by atoms with Crippen molar-refractivity contribution in [2.45, 2.75) is 0 Å². The fraction of sp³-hybridized carbons (Fsp3) is 0. The number of rotatable bonds is 3. The molecule has 2 aromatic rings. The van der Waals surface area contributed by atoms with E-state index in [0.717, 1.165) is 5.56 Å². The van der Waals surface area contributed by atoms with Gasteiger partial charge < -0.3 is 11.5 Å². The van der Waals surface area contributed by atoms with Crippen molar-refractivity contribution in [3.05, 3.63) is 69.7 Å². The second kappa shape index (κ2) is 6.41. The maximum atomic E-state index is 6.21. The summed E-state index contributed by atoms with van der Waals surface area (Å²) in [6, 6.07) is 14.6. The van der Waals surface area contributed by atoms with Gasteiger partial charge >= 0.3 is 0 Å². The summed E-state index contributed by atoms with van der Waals surface area (Å²) < 4.78 is 0. The summed E-state index contributed by atoms with van der Waals surface area (Å²) in [5, 5.41) is 8.85. The van der Waals surface area contributed by atoms with Crippen LogP contribution < -0.4 is 11.5 Å². The third-order valence-corrected chi connectivity index (χ3v) is 3.06. The molecule has 0 saturated heterocycles. The summed E-state index contributed by atoms with van der Waals surface area (Å²) in [5.74, 6) is -0.128. The Labute approximate surface area is 126 Å². The van der Waals surface area contributed by atoms with Gasteiger partial charge in [0.1, 0.15) is 5.71 Å². The molecule has 0 heterocycles. The number of hydrogen-bond acceptors (Lipinski definition) is 2. The lowest BCUT2D eigenvalue weighted by atomic mass is 10.0. The largest absolute Gasteiger partial charge is 0.369 e. The van der Waals surface area contributed by atoms with E-state index in [1.165, 1.54) is 0 Å². The molecule has 0 spiro atoms. The molecule has 0 aliphatic carbocycles. The lowest BCUT2D eigenvalue weighted by Crippen LogP contribution is -2.22. The number of nitrogens with two attached hydrogens (primary N) is 2. The molecular formula is C14H12Cl2N4. The predicted molar refractivity (Wildman–Crippen MR) is 84.4 cm³/mol. The van der Waals surface area contributed by atoms with Crippen LogP contribution in [0.5, 0.6) is 0 Å². The van der Waals surface area contributed by atoms with Gasteiger partial charge in [0.15, 0.2) is 0 Å². The van der Waals surface area contributed by atoms with Crippen molar-refractivity contribution in [3.8, 4) is 0 Å². The molecule has 2 aromatic carbocycles. The van der Waals surface area contributed by atoms with Crippen LogP contribution in [0.25, 0.3) is 0 Å². The zero-order chi connectivity index (χ0) is 14.5. The Morgan fingerprint density at radius 2 is 1.60 bits per heavy atom. The van der Waals surface area contributed by atoms with Gasteiger partial charge in [-0.25, -0.2) is 0 Å². The van der Waals surface area contributed by atoms with Crippen LogP contribution in [0.1, 0.15) is 11.1 Å². The Hall–Kier alpha value is -2.04. The monoisotopic (exact) mass is 306 g/mol. The highest BCUT2D eigenvalue weighted by Gasteiger charge is 2.11. The van der Waals surface area contributed by atoms with Gasteiger partial charge in [-0.2, -0.15) is 0 Å². The minimum absolute atomic E-state index is 0.128. The molecule has 4 nitrogen and oxygen atoms in total. The summed E-state index contributed by atoms with van der Waals surface area (Å²) in [6.45, 7) is 0. The van der Waals surface area contributed by atoms with E-state index in [2.05, 4.69) is 10.2 Å². The molecule has 0 atom stereocenters. The molecule has 6 heteroatoms. The molecule has 0 aromatic heterocycles. The summed E-state index contributed by atoms with van der Waals surface area (Å²) in [6.07, 6.45) is 0. The van der Waals surface area contributed by atoms with Crippen LogP contribution in [-0.4, -0.2) is 11.7 Å². The average Bonchev–Trinajstić information content (AvgIpc) is 2.43. The van der Waals surface area contributed by atoms with E-state index in [4.69, 9.17) is 34.7 Å². The molecule has 4 N–H and O–H groups in total. The molecule has 0 amide bonds. The van der Waals surface area contributed by atoms with E-state index in [9.17, 15) is 0 Å². The van der Waals surface area contributed by atoms with Crippen LogP contribution in [0.2, 0.25) is 10.0 Å². The molecule has 0 unspecified atom stereocenters. The van der Waals surface area contributed by atoms with Crippen molar-refractivity contribution in [3.63, 3.8) is 0 Å². The van der Waals surface area contributed by atoms with Crippen LogP contribution in [0.3, 0.4) is 0 Å². The Morgan fingerprint density at radius 1 is 0.900 bits per heavy atom. The van der Waals surface area contributed by atoms with Crippen LogP contribution in [0, 0.1) is 0 Å². The fourth-order valence-corrected chi connectivity index (χ4v) is 2.03. The normalized spacial score (nSPS) is 11.2. The maximum Gasteiger partial charge on any atom is 0.211 e. The first kappa shape index (κ1) is 14.4. The minimum atomic E-state index is -0.128. The molecule has 0 fully saturated rings. The van der Waals surface area contributed by atoms with Crippen molar-refractivity contribution < 1.29 is 0 Å². The lowest BCUT2D eigenvalue weighted by molar-refractivity contribution is 1.20. The minimum Gasteiger partial charge on any atom is -0.369 e. The van der Waals surface area contributed by atoms with Crippen molar-refractivity contribution in [1.29, 1.82) is 0 Å². The van der Waals surface area contributed by atoms with Crippen molar-refractivity contribution in [1.82, 2.24) is 0 Å². The van der Waals surface area contributed by atoms with E-state index in [-0.39, 0.29) is 5.96 Å². The van der Waals surface area contributed by atoms with E-state index >= 15 is 0 Å². The number of guanidine groups is 1. The van der Waals surface area contributed by atoms with Gasteiger partial charge in [-0.05, 0) is 18.2 Å². The topological polar surface area (TPSA) is 76.8 Å². The van der Waals surface area contributed by atoms with Gasteiger partial charge in [0.25, 0.3) is 0 Å². The number of nitrogens with zero attached hydrogens (tertiary/aromatic N) is 2. The van der Waals surface area contributed by atoms with Crippen LogP contribution in [0.15, 0.2) is 58.7 Å². The van der Waals surface area contributed by atoms with E-state index in [1.54, 1.807) is 18.2 Å². The lowest BCUT2D eigenvalue weighted by Gasteiger charge is -2.08. The summed E-state index contributed by atoms with van der Waals surface area (Å²) in [7, 11) is 0. The Morgan fingerprint density at radius 3 is 2.25 bits per heavy atom. The van der Waals surface area contributed by atoms with E-state index in [1.807, 2.05) is 30.3 Å². The quantitative estimate of drug-likeness (QED) is 0.519. The van der Waals surface area contributed by atoms with Crippen molar-refractivity contribution >= 4 is 34.9 Å². The highest BCUT2D eigenvalue weighted by Crippen LogP contribution is 2.24. The van der Waals surface area contributed by atoms with Crippen LogP contribution in [-0.2, 0) is 0 Å². The van der Waals surface area contributed by atoms with Gasteiger partial charge in [-0.1, -0.05) is 53.5 Å². The van der Waals surface area contributed by atoms with Gasteiger partial charge in [0, 0.05) is 16.1 Å². The van der Waals surface area contributed by atoms with Crippen molar-refractivity contribution in [2.24, 2.45) is 21.7 Å². The highest BCUT2D eigenvalue weighted by atomic mass is 35.5. The zero-order valence-electron chi connectivity index (χ0n) is 10.4. The number of hydrogen-bond donors (Lipinski definition) is 2. The molecule has 0 aliphatic rings. The molecule has 20 heavy (non-hydrogen) atoms. The van der Waals surface area contributed by atoms with E-state index in [0.29, 0.717) is 21.3 Å². The fourth-order valence-electron chi connectivity index (χ4n) is 1.65. The summed E-state index contributed by atoms with van der Waals surface area (Å²) in [5.41, 5.74) is 12.7. The SMILES string of the molecule is NC(N)=N/N=C(\c1ccccc1)c1cc(Cl)ccc1Cl. The zero-order valence-corrected chi connectivity index (χ0v) is 11.9. The summed E-state index contributed by atoms with van der Waals surface area (Å²) in [4.78, 5) is 0. The van der Waals surface area contributed by atoms with Gasteiger partial charge in [0.05, 0.1) is 5.02 Å². The standard InChI is InChI=1S/C14H12Cl2N4/c15-10-6-7-12(16)11(8-10)13(19-20-14(17)18)9-4-2-1-3-5-9/h1-8H,(H4,17,18,20)/b19-13+. The van der Waals surface area contributed by atoms with Crippen LogP contribution in [0.4, 0.5) is 0 Å². The molecule has 0 radical (unpaired) electrons. The third-order valence-electron chi connectivity index (χ3n) is 2.50. The van der Waals surface area contributed by atoms with Gasteiger partial charge in [-0.15, -0.1) is 10.2 Å². The van der Waals surface area contributed by atoms with Crippen molar-refractivity contribution in [2.75, 3.05) is 0 Å². The molecule has 0 saturated carbocycles. The number of halogens is 2. The predicted octanol–water partition coefficient (Wildman–Crippen LogP) is 3.02. The first-order valence-corrected chi connectivity index (χ1v) is 6.51. The molecule has 2 rings (SSSR count).